The van der Waals surface area contributed by atoms with Gasteiger partial charge in [-0.25, -0.2) is 0 Å². The number of amides is 1. The Morgan fingerprint density at radius 2 is 2.33 bits per heavy atom. The molecule has 0 aliphatic carbocycles. The lowest BCUT2D eigenvalue weighted by molar-refractivity contribution is 0.0898. The van der Waals surface area contributed by atoms with Crippen LogP contribution in [0.3, 0.4) is 0 Å². The fourth-order valence-electron chi connectivity index (χ4n) is 1.74. The summed E-state index contributed by atoms with van der Waals surface area (Å²) in [5, 5.41) is 12.9. The molecule has 1 amide bonds. The number of nitrogens with one attached hydrogen (secondary N) is 1. The van der Waals surface area contributed by atoms with Gasteiger partial charge in [-0.1, -0.05) is 11.6 Å². The minimum absolute atomic E-state index is 0.0269. The minimum atomic E-state index is -0.908. The normalized spacial score (nSPS) is 12.0. The van der Waals surface area contributed by atoms with Crippen LogP contribution in [-0.4, -0.2) is 24.7 Å². The smallest absolute Gasteiger partial charge is 0.255 e. The highest BCUT2D eigenvalue weighted by Gasteiger charge is 2.17. The molecule has 1 heterocycles. The maximum Gasteiger partial charge on any atom is 0.255 e. The molecule has 2 rings (SSSR count). The first kappa shape index (κ1) is 16.1. The maximum atomic E-state index is 12.2. The van der Waals surface area contributed by atoms with Crippen molar-refractivity contribution in [3.63, 3.8) is 0 Å². The lowest BCUT2D eigenvalue weighted by Crippen LogP contribution is -2.28. The number of aliphatic hydroxyl groups is 1. The van der Waals surface area contributed by atoms with Crippen molar-refractivity contribution in [2.24, 2.45) is 0 Å². The van der Waals surface area contributed by atoms with E-state index in [-0.39, 0.29) is 12.5 Å². The Labute approximate surface area is 140 Å². The van der Waals surface area contributed by atoms with Crippen LogP contribution >= 0.6 is 34.2 Å². The Kier molecular flexibility index (Phi) is 5.49. The number of hydrogen-bond donors (Lipinski definition) is 2. The Balaban J connectivity index is 2.08. The van der Waals surface area contributed by atoms with Crippen LogP contribution in [0.15, 0.2) is 34.9 Å². The quantitative estimate of drug-likeness (QED) is 0.728. The van der Waals surface area contributed by atoms with Crippen molar-refractivity contribution < 1.29 is 19.1 Å². The number of ether oxygens (including phenoxy) is 1. The van der Waals surface area contributed by atoms with Crippen LogP contribution in [0.5, 0.6) is 5.75 Å². The van der Waals surface area contributed by atoms with Gasteiger partial charge in [0.1, 0.15) is 17.6 Å². The number of benzene rings is 1. The van der Waals surface area contributed by atoms with E-state index in [4.69, 9.17) is 20.8 Å². The molecule has 1 unspecified atom stereocenters. The predicted molar refractivity (Wildman–Crippen MR) is 86.7 cm³/mol. The molecule has 1 aromatic heterocycles. The second-order valence-corrected chi connectivity index (χ2v) is 5.78. The molecule has 2 N–H and O–H groups in total. The van der Waals surface area contributed by atoms with E-state index < -0.39 is 6.10 Å². The number of methoxy groups -OCH3 is 1. The molecule has 0 saturated heterocycles. The summed E-state index contributed by atoms with van der Waals surface area (Å²) >= 11 is 8.08. The van der Waals surface area contributed by atoms with Gasteiger partial charge in [-0.3, -0.25) is 4.79 Å². The molecule has 112 valence electrons. The van der Waals surface area contributed by atoms with Crippen molar-refractivity contribution in [2.75, 3.05) is 13.7 Å². The largest absolute Gasteiger partial charge is 0.496 e. The number of rotatable bonds is 5. The monoisotopic (exact) mass is 421 g/mol. The van der Waals surface area contributed by atoms with Crippen molar-refractivity contribution in [1.29, 1.82) is 0 Å². The molecular weight excluding hydrogens is 409 g/mol. The summed E-state index contributed by atoms with van der Waals surface area (Å²) in [6, 6.07) is 6.53. The first-order valence-corrected chi connectivity index (χ1v) is 7.51. The highest BCUT2D eigenvalue weighted by Crippen LogP contribution is 2.28. The van der Waals surface area contributed by atoms with E-state index in [1.54, 1.807) is 18.2 Å². The average molecular weight is 422 g/mol. The number of carbonyl (C=O) groups excluding carboxylic acids is 1. The van der Waals surface area contributed by atoms with Gasteiger partial charge in [-0.05, 0) is 46.9 Å². The van der Waals surface area contributed by atoms with E-state index in [0.717, 1.165) is 3.57 Å². The van der Waals surface area contributed by atoms with Gasteiger partial charge in [0.15, 0.2) is 0 Å². The van der Waals surface area contributed by atoms with E-state index in [9.17, 15) is 9.90 Å². The minimum Gasteiger partial charge on any atom is -0.496 e. The van der Waals surface area contributed by atoms with Crippen LogP contribution in [-0.2, 0) is 0 Å². The number of carbonyl (C=O) groups is 1. The first-order valence-electron chi connectivity index (χ1n) is 6.05. The van der Waals surface area contributed by atoms with E-state index >= 15 is 0 Å². The maximum absolute atomic E-state index is 12.2. The Morgan fingerprint density at radius 1 is 1.57 bits per heavy atom. The standard InChI is InChI=1S/C14H13ClINO4/c1-20-13-6-10(16)9(15)5-8(13)14(19)17-7-11(18)12-3-2-4-21-12/h2-6,11,18H,7H2,1H3,(H,17,19). The van der Waals surface area contributed by atoms with Crippen molar-refractivity contribution >= 4 is 40.1 Å². The van der Waals surface area contributed by atoms with Crippen molar-refractivity contribution in [3.05, 3.63) is 50.4 Å². The fourth-order valence-corrected chi connectivity index (χ4v) is 2.34. The second kappa shape index (κ2) is 7.15. The third kappa shape index (κ3) is 3.90. The van der Waals surface area contributed by atoms with Crippen LogP contribution in [0.2, 0.25) is 5.02 Å². The Hall–Kier alpha value is -1.25. The summed E-state index contributed by atoms with van der Waals surface area (Å²) in [5.41, 5.74) is 0.314. The third-order valence-electron chi connectivity index (χ3n) is 2.81. The molecule has 5 nitrogen and oxygen atoms in total. The van der Waals surface area contributed by atoms with E-state index in [2.05, 4.69) is 27.9 Å². The van der Waals surface area contributed by atoms with Crippen LogP contribution in [0, 0.1) is 3.57 Å². The van der Waals surface area contributed by atoms with Crippen LogP contribution in [0.1, 0.15) is 22.2 Å². The molecule has 21 heavy (non-hydrogen) atoms. The molecule has 1 aromatic carbocycles. The summed E-state index contributed by atoms with van der Waals surface area (Å²) in [4.78, 5) is 12.2. The van der Waals surface area contributed by atoms with Gasteiger partial charge in [-0.2, -0.15) is 0 Å². The SMILES string of the molecule is COc1cc(I)c(Cl)cc1C(=O)NCC(O)c1ccco1. The molecule has 0 saturated carbocycles. The molecular formula is C14H13ClINO4. The first-order chi connectivity index (χ1) is 10.0. The second-order valence-electron chi connectivity index (χ2n) is 4.21. The van der Waals surface area contributed by atoms with Crippen LogP contribution in [0.25, 0.3) is 0 Å². The zero-order chi connectivity index (χ0) is 15.4. The van der Waals surface area contributed by atoms with Crippen molar-refractivity contribution in [3.8, 4) is 5.75 Å². The van der Waals surface area contributed by atoms with Gasteiger partial charge in [0.25, 0.3) is 5.91 Å². The number of aliphatic hydroxyl groups excluding tert-OH is 1. The van der Waals surface area contributed by atoms with E-state index in [0.29, 0.717) is 22.1 Å². The number of halogens is 2. The summed E-state index contributed by atoms with van der Waals surface area (Å²) in [5.74, 6) is 0.437. The van der Waals surface area contributed by atoms with Crippen molar-refractivity contribution in [1.82, 2.24) is 5.32 Å². The molecule has 0 aliphatic heterocycles. The van der Waals surface area contributed by atoms with Gasteiger partial charge in [0.2, 0.25) is 0 Å². The fraction of sp³-hybridized carbons (Fsp3) is 0.214. The molecule has 0 bridgehead atoms. The molecule has 0 aliphatic rings. The Morgan fingerprint density at radius 3 is 2.95 bits per heavy atom. The summed E-state index contributed by atoms with van der Waals surface area (Å²) in [6.07, 6.45) is 0.553. The molecule has 0 fully saturated rings. The van der Waals surface area contributed by atoms with E-state index in [1.807, 2.05) is 0 Å². The summed E-state index contributed by atoms with van der Waals surface area (Å²) in [6.45, 7) is 0.0269. The zero-order valence-corrected chi connectivity index (χ0v) is 14.0. The molecule has 2 aromatic rings. The summed E-state index contributed by atoms with van der Waals surface area (Å²) in [7, 11) is 1.48. The third-order valence-corrected chi connectivity index (χ3v) is 4.34. The topological polar surface area (TPSA) is 71.7 Å². The van der Waals surface area contributed by atoms with Crippen LogP contribution < -0.4 is 10.1 Å². The number of hydrogen-bond acceptors (Lipinski definition) is 4. The summed E-state index contributed by atoms with van der Waals surface area (Å²) < 4.78 is 11.0. The highest BCUT2D eigenvalue weighted by molar-refractivity contribution is 14.1. The molecule has 0 spiro atoms. The zero-order valence-electron chi connectivity index (χ0n) is 11.1. The van der Waals surface area contributed by atoms with Gasteiger partial charge >= 0.3 is 0 Å². The molecule has 1 atom stereocenters. The highest BCUT2D eigenvalue weighted by atomic mass is 127. The van der Waals surface area contributed by atoms with Crippen LogP contribution in [0.4, 0.5) is 0 Å². The van der Waals surface area contributed by atoms with E-state index in [1.165, 1.54) is 19.4 Å². The van der Waals surface area contributed by atoms with Gasteiger partial charge in [0, 0.05) is 3.57 Å². The lowest BCUT2D eigenvalue weighted by atomic mass is 10.2. The van der Waals surface area contributed by atoms with Gasteiger partial charge < -0.3 is 19.6 Å². The van der Waals surface area contributed by atoms with Gasteiger partial charge in [-0.15, -0.1) is 0 Å². The molecule has 0 radical (unpaired) electrons. The average Bonchev–Trinajstić information content (AvgIpc) is 3.01. The predicted octanol–water partition coefficient (Wildman–Crippen LogP) is 3.01. The van der Waals surface area contributed by atoms with Gasteiger partial charge in [0.05, 0.1) is 30.5 Å². The Bertz CT molecular complexity index is 630. The number of furan rings is 1. The molecule has 7 heteroatoms. The lowest BCUT2D eigenvalue weighted by Gasteiger charge is -2.12. The van der Waals surface area contributed by atoms with Crippen molar-refractivity contribution in [2.45, 2.75) is 6.10 Å².